The van der Waals surface area contributed by atoms with Crippen LogP contribution in [-0.4, -0.2) is 12.2 Å². The Morgan fingerprint density at radius 3 is 1.77 bits per heavy atom. The molecule has 0 radical (unpaired) electrons. The second-order valence-corrected chi connectivity index (χ2v) is 5.98. The average molecular weight is 186 g/mol. The Balaban J connectivity index is 3.28. The molecule has 0 saturated heterocycles. The lowest BCUT2D eigenvalue weighted by Gasteiger charge is -2.21. The molecule has 0 fully saturated rings. The quantitative estimate of drug-likeness (QED) is 0.603. The van der Waals surface area contributed by atoms with Crippen LogP contribution in [0.25, 0.3) is 0 Å². The molecule has 0 N–H and O–H groups in total. The Morgan fingerprint density at radius 1 is 0.846 bits per heavy atom. The van der Waals surface area contributed by atoms with Gasteiger partial charge in [0.05, 0.1) is 5.60 Å². The summed E-state index contributed by atoms with van der Waals surface area (Å²) in [6.07, 6.45) is 3.76. The Labute approximate surface area is 83.9 Å². The molecule has 0 bridgehead atoms. The van der Waals surface area contributed by atoms with Gasteiger partial charge in [0.2, 0.25) is 0 Å². The van der Waals surface area contributed by atoms with E-state index in [1.54, 1.807) is 0 Å². The standard InChI is InChI=1S/C12H26O/c1-11(2,3)9-7-8-10-13-12(4,5)6/h7-10H2,1-6H3. The third-order valence-corrected chi connectivity index (χ3v) is 1.86. The zero-order chi connectivity index (χ0) is 10.5. The van der Waals surface area contributed by atoms with E-state index in [1.165, 1.54) is 19.3 Å². The summed E-state index contributed by atoms with van der Waals surface area (Å²) in [5.41, 5.74) is 0.503. The lowest BCUT2D eigenvalue weighted by atomic mass is 9.90. The average Bonchev–Trinajstić information content (AvgIpc) is 1.81. The second kappa shape index (κ2) is 4.99. The van der Waals surface area contributed by atoms with E-state index < -0.39 is 0 Å². The maximum atomic E-state index is 5.64. The van der Waals surface area contributed by atoms with Crippen molar-refractivity contribution in [2.45, 2.75) is 66.4 Å². The minimum absolute atomic E-state index is 0.0295. The van der Waals surface area contributed by atoms with E-state index in [4.69, 9.17) is 4.74 Å². The number of ether oxygens (including phenoxy) is 1. The van der Waals surface area contributed by atoms with Crippen LogP contribution in [-0.2, 0) is 4.74 Å². The van der Waals surface area contributed by atoms with Crippen LogP contribution in [0.4, 0.5) is 0 Å². The summed E-state index contributed by atoms with van der Waals surface area (Å²) in [7, 11) is 0. The number of hydrogen-bond donors (Lipinski definition) is 0. The van der Waals surface area contributed by atoms with Crippen LogP contribution in [0.15, 0.2) is 0 Å². The van der Waals surface area contributed by atoms with Crippen molar-refractivity contribution >= 4 is 0 Å². The molecule has 0 aliphatic rings. The van der Waals surface area contributed by atoms with Gasteiger partial charge in [-0.05, 0) is 39.0 Å². The van der Waals surface area contributed by atoms with Crippen molar-refractivity contribution in [2.75, 3.05) is 6.61 Å². The minimum atomic E-state index is 0.0295. The summed E-state index contributed by atoms with van der Waals surface area (Å²) < 4.78 is 5.64. The number of unbranched alkanes of at least 4 members (excludes halogenated alkanes) is 1. The van der Waals surface area contributed by atoms with E-state index in [1.807, 2.05) is 0 Å². The second-order valence-electron chi connectivity index (χ2n) is 5.98. The highest BCUT2D eigenvalue weighted by Gasteiger charge is 2.11. The topological polar surface area (TPSA) is 9.23 Å². The first-order chi connectivity index (χ1) is 5.71. The van der Waals surface area contributed by atoms with Gasteiger partial charge in [-0.15, -0.1) is 0 Å². The Hall–Kier alpha value is -0.0400. The third kappa shape index (κ3) is 12.0. The van der Waals surface area contributed by atoms with Gasteiger partial charge in [0.1, 0.15) is 0 Å². The molecule has 0 aliphatic carbocycles. The fourth-order valence-electron chi connectivity index (χ4n) is 1.14. The number of hydrogen-bond acceptors (Lipinski definition) is 1. The van der Waals surface area contributed by atoms with E-state index in [-0.39, 0.29) is 5.60 Å². The molecule has 0 saturated carbocycles. The summed E-state index contributed by atoms with van der Waals surface area (Å²) in [5, 5.41) is 0. The molecule has 0 unspecified atom stereocenters. The summed E-state index contributed by atoms with van der Waals surface area (Å²) in [4.78, 5) is 0. The van der Waals surface area contributed by atoms with Crippen molar-refractivity contribution < 1.29 is 4.74 Å². The maximum Gasteiger partial charge on any atom is 0.0598 e. The van der Waals surface area contributed by atoms with Crippen LogP contribution >= 0.6 is 0 Å². The van der Waals surface area contributed by atoms with Crippen molar-refractivity contribution in [2.24, 2.45) is 5.41 Å². The zero-order valence-electron chi connectivity index (χ0n) is 10.2. The van der Waals surface area contributed by atoms with Gasteiger partial charge in [-0.25, -0.2) is 0 Å². The first kappa shape index (κ1) is 13.0. The third-order valence-electron chi connectivity index (χ3n) is 1.86. The van der Waals surface area contributed by atoms with E-state index in [0.717, 1.165) is 6.61 Å². The fraction of sp³-hybridized carbons (Fsp3) is 1.00. The summed E-state index contributed by atoms with van der Waals surface area (Å²) in [6.45, 7) is 14.1. The Bertz CT molecular complexity index is 109. The van der Waals surface area contributed by atoms with Crippen molar-refractivity contribution in [3.8, 4) is 0 Å². The van der Waals surface area contributed by atoms with Crippen molar-refractivity contribution in [3.05, 3.63) is 0 Å². The summed E-state index contributed by atoms with van der Waals surface area (Å²) in [5.74, 6) is 0. The van der Waals surface area contributed by atoms with E-state index >= 15 is 0 Å². The maximum absolute atomic E-state index is 5.64. The van der Waals surface area contributed by atoms with E-state index in [0.29, 0.717) is 5.41 Å². The van der Waals surface area contributed by atoms with Crippen LogP contribution in [0.2, 0.25) is 0 Å². The molecule has 0 amide bonds. The van der Waals surface area contributed by atoms with Gasteiger partial charge in [-0.3, -0.25) is 0 Å². The van der Waals surface area contributed by atoms with Gasteiger partial charge in [-0.1, -0.05) is 27.2 Å². The zero-order valence-corrected chi connectivity index (χ0v) is 10.2. The van der Waals surface area contributed by atoms with Crippen molar-refractivity contribution in [1.29, 1.82) is 0 Å². The fourth-order valence-corrected chi connectivity index (χ4v) is 1.14. The monoisotopic (exact) mass is 186 g/mol. The van der Waals surface area contributed by atoms with Gasteiger partial charge < -0.3 is 4.74 Å². The highest BCUT2D eigenvalue weighted by Crippen LogP contribution is 2.21. The highest BCUT2D eigenvalue weighted by atomic mass is 16.5. The molecular weight excluding hydrogens is 160 g/mol. The van der Waals surface area contributed by atoms with Crippen LogP contribution in [0.1, 0.15) is 60.8 Å². The lowest BCUT2D eigenvalue weighted by molar-refractivity contribution is -0.00531. The molecule has 0 rings (SSSR count). The molecular formula is C12H26O. The normalized spacial score (nSPS) is 13.4. The summed E-state index contributed by atoms with van der Waals surface area (Å²) >= 11 is 0. The lowest BCUT2D eigenvalue weighted by Crippen LogP contribution is -2.19. The SMILES string of the molecule is CC(C)(C)CCCCOC(C)(C)C. The number of rotatable bonds is 4. The van der Waals surface area contributed by atoms with Crippen LogP contribution in [0.5, 0.6) is 0 Å². The molecule has 0 spiro atoms. The molecule has 1 nitrogen and oxygen atoms in total. The van der Waals surface area contributed by atoms with Crippen molar-refractivity contribution in [1.82, 2.24) is 0 Å². The van der Waals surface area contributed by atoms with Crippen molar-refractivity contribution in [3.63, 3.8) is 0 Å². The van der Waals surface area contributed by atoms with Gasteiger partial charge in [0.15, 0.2) is 0 Å². The first-order valence-corrected chi connectivity index (χ1v) is 5.35. The Morgan fingerprint density at radius 2 is 1.38 bits per heavy atom. The first-order valence-electron chi connectivity index (χ1n) is 5.35. The molecule has 0 aromatic carbocycles. The molecule has 0 aromatic rings. The predicted molar refractivity (Wildman–Crippen MR) is 59.0 cm³/mol. The molecule has 0 aliphatic heterocycles. The molecule has 80 valence electrons. The minimum Gasteiger partial charge on any atom is -0.376 e. The summed E-state index contributed by atoms with van der Waals surface area (Å²) in [6, 6.07) is 0. The molecule has 0 aromatic heterocycles. The van der Waals surface area contributed by atoms with Crippen LogP contribution in [0.3, 0.4) is 0 Å². The van der Waals surface area contributed by atoms with E-state index in [9.17, 15) is 0 Å². The van der Waals surface area contributed by atoms with Gasteiger partial charge in [-0.2, -0.15) is 0 Å². The molecule has 1 heteroatoms. The van der Waals surface area contributed by atoms with Crippen LogP contribution in [0, 0.1) is 5.41 Å². The largest absolute Gasteiger partial charge is 0.376 e. The van der Waals surface area contributed by atoms with E-state index in [2.05, 4.69) is 41.5 Å². The smallest absolute Gasteiger partial charge is 0.0598 e. The highest BCUT2D eigenvalue weighted by molar-refractivity contribution is 4.62. The molecule has 13 heavy (non-hydrogen) atoms. The molecule has 0 heterocycles. The van der Waals surface area contributed by atoms with Gasteiger partial charge >= 0.3 is 0 Å². The Kier molecular flexibility index (Phi) is 4.98. The van der Waals surface area contributed by atoms with Gasteiger partial charge in [0, 0.05) is 6.61 Å². The molecule has 0 atom stereocenters. The predicted octanol–water partition coefficient (Wildman–Crippen LogP) is 4.02. The van der Waals surface area contributed by atoms with Crippen LogP contribution < -0.4 is 0 Å². The van der Waals surface area contributed by atoms with Gasteiger partial charge in [0.25, 0.3) is 0 Å².